The van der Waals surface area contributed by atoms with Crippen LogP contribution < -0.4 is 5.32 Å². The summed E-state index contributed by atoms with van der Waals surface area (Å²) in [6.45, 7) is 2.85. The van der Waals surface area contributed by atoms with Crippen molar-refractivity contribution in [2.24, 2.45) is 13.0 Å². The van der Waals surface area contributed by atoms with Crippen LogP contribution in [0.3, 0.4) is 0 Å². The van der Waals surface area contributed by atoms with Crippen LogP contribution in [0.2, 0.25) is 5.02 Å². The van der Waals surface area contributed by atoms with Gasteiger partial charge in [-0.2, -0.15) is 10.4 Å². The number of nitrogens with zero attached hydrogens (tertiary/aromatic N) is 7. The summed E-state index contributed by atoms with van der Waals surface area (Å²) in [5, 5.41) is 19.2. The highest BCUT2D eigenvalue weighted by molar-refractivity contribution is 6.35. The maximum Gasteiger partial charge on any atom is 0.183 e. The summed E-state index contributed by atoms with van der Waals surface area (Å²) in [4.78, 5) is 16.3. The first-order valence-electron chi connectivity index (χ1n) is 10.8. The minimum atomic E-state index is 0.249. The maximum absolute atomic E-state index is 9.86. The van der Waals surface area contributed by atoms with E-state index >= 15 is 0 Å². The lowest BCUT2D eigenvalue weighted by molar-refractivity contribution is 0.399. The molecule has 1 aliphatic heterocycles. The molecule has 0 spiro atoms. The molecule has 1 saturated heterocycles. The number of rotatable bonds is 5. The molecular formula is C24H23ClN8. The number of anilines is 1. The van der Waals surface area contributed by atoms with Gasteiger partial charge in [0.1, 0.15) is 23.2 Å². The van der Waals surface area contributed by atoms with Crippen LogP contribution in [0.15, 0.2) is 42.7 Å². The quantitative estimate of drug-likeness (QED) is 0.483. The molecule has 0 radical (unpaired) electrons. The van der Waals surface area contributed by atoms with E-state index in [1.54, 1.807) is 10.9 Å². The van der Waals surface area contributed by atoms with Gasteiger partial charge in [0.15, 0.2) is 11.5 Å². The highest BCUT2D eigenvalue weighted by Crippen LogP contribution is 2.34. The monoisotopic (exact) mass is 458 g/mol. The molecule has 8 nitrogen and oxygen atoms in total. The molecule has 1 atom stereocenters. The van der Waals surface area contributed by atoms with Crippen LogP contribution in [-0.4, -0.2) is 56.3 Å². The van der Waals surface area contributed by atoms with Crippen molar-refractivity contribution in [1.29, 1.82) is 5.26 Å². The fourth-order valence-electron chi connectivity index (χ4n) is 4.28. The Morgan fingerprint density at radius 1 is 1.21 bits per heavy atom. The number of hydrogen-bond acceptors (Lipinski definition) is 7. The summed E-state index contributed by atoms with van der Waals surface area (Å²) >= 11 is 6.54. The summed E-state index contributed by atoms with van der Waals surface area (Å²) in [6.07, 6.45) is 4.69. The first-order chi connectivity index (χ1) is 16.0. The highest BCUT2D eigenvalue weighted by atomic mass is 35.5. The predicted octanol–water partition coefficient (Wildman–Crippen LogP) is 3.98. The molecule has 9 heteroatoms. The van der Waals surface area contributed by atoms with Crippen molar-refractivity contribution >= 4 is 28.3 Å². The van der Waals surface area contributed by atoms with Crippen molar-refractivity contribution in [3.8, 4) is 28.7 Å². The lowest BCUT2D eigenvalue weighted by Crippen LogP contribution is -2.20. The molecule has 0 amide bonds. The lowest BCUT2D eigenvalue weighted by atomic mass is 10.0. The molecule has 0 bridgehead atoms. The minimum Gasteiger partial charge on any atom is -0.367 e. The van der Waals surface area contributed by atoms with Gasteiger partial charge in [-0.3, -0.25) is 9.67 Å². The molecule has 3 aromatic heterocycles. The third-order valence-corrected chi connectivity index (χ3v) is 6.23. The average Bonchev–Trinajstić information content (AvgIpc) is 3.45. The molecule has 1 N–H and O–H groups in total. The third-order valence-electron chi connectivity index (χ3n) is 5.94. The Kier molecular flexibility index (Phi) is 5.67. The molecule has 4 heterocycles. The van der Waals surface area contributed by atoms with Crippen LogP contribution in [0.5, 0.6) is 0 Å². The number of aromatic nitrogens is 5. The van der Waals surface area contributed by atoms with Crippen LogP contribution in [-0.2, 0) is 7.05 Å². The first-order valence-corrected chi connectivity index (χ1v) is 11.2. The first kappa shape index (κ1) is 21.3. The summed E-state index contributed by atoms with van der Waals surface area (Å²) in [5.74, 6) is 0.984. The van der Waals surface area contributed by atoms with E-state index in [4.69, 9.17) is 21.6 Å². The molecular weight excluding hydrogens is 436 g/mol. The van der Waals surface area contributed by atoms with Gasteiger partial charge in [0.2, 0.25) is 0 Å². The van der Waals surface area contributed by atoms with Gasteiger partial charge in [0, 0.05) is 43.5 Å². The van der Waals surface area contributed by atoms with Crippen molar-refractivity contribution in [3.05, 3.63) is 53.4 Å². The molecule has 1 aromatic carbocycles. The van der Waals surface area contributed by atoms with Crippen LogP contribution in [0.1, 0.15) is 12.1 Å². The van der Waals surface area contributed by atoms with Gasteiger partial charge in [0.25, 0.3) is 0 Å². The van der Waals surface area contributed by atoms with Gasteiger partial charge >= 0.3 is 0 Å². The normalized spacial score (nSPS) is 16.2. The molecule has 0 saturated carbocycles. The second kappa shape index (κ2) is 8.77. The molecule has 0 aliphatic carbocycles. The van der Waals surface area contributed by atoms with Gasteiger partial charge in [-0.15, -0.1) is 0 Å². The van der Waals surface area contributed by atoms with Gasteiger partial charge in [0.05, 0.1) is 10.5 Å². The molecule has 5 rings (SSSR count). The van der Waals surface area contributed by atoms with Gasteiger partial charge < -0.3 is 10.2 Å². The Labute approximate surface area is 196 Å². The van der Waals surface area contributed by atoms with Crippen molar-refractivity contribution in [2.45, 2.75) is 6.42 Å². The number of pyridine rings is 1. The van der Waals surface area contributed by atoms with Gasteiger partial charge in [-0.05, 0) is 50.2 Å². The van der Waals surface area contributed by atoms with Crippen LogP contribution in [0.25, 0.3) is 33.5 Å². The Hall–Kier alpha value is -3.54. The minimum absolute atomic E-state index is 0.249. The summed E-state index contributed by atoms with van der Waals surface area (Å²) in [6, 6.07) is 11.7. The molecule has 4 aromatic rings. The largest absolute Gasteiger partial charge is 0.367 e. The van der Waals surface area contributed by atoms with E-state index in [0.717, 1.165) is 42.5 Å². The number of nitriles is 1. The zero-order valence-electron chi connectivity index (χ0n) is 18.5. The molecule has 166 valence electrons. The van der Waals surface area contributed by atoms with Crippen LogP contribution >= 0.6 is 11.6 Å². The van der Waals surface area contributed by atoms with E-state index in [9.17, 15) is 5.26 Å². The molecule has 1 aliphatic rings. The van der Waals surface area contributed by atoms with E-state index < -0.39 is 0 Å². The van der Waals surface area contributed by atoms with E-state index in [1.807, 2.05) is 43.6 Å². The number of halogens is 1. The number of likely N-dealkylation sites (tertiary alicyclic amines) is 1. The Morgan fingerprint density at radius 3 is 2.82 bits per heavy atom. The Balaban J connectivity index is 1.62. The van der Waals surface area contributed by atoms with Gasteiger partial charge in [-0.1, -0.05) is 17.7 Å². The number of aryl methyl sites for hydroxylation is 1. The van der Waals surface area contributed by atoms with Crippen molar-refractivity contribution in [1.82, 2.24) is 29.6 Å². The lowest BCUT2D eigenvalue weighted by Gasteiger charge is -2.15. The zero-order chi connectivity index (χ0) is 22.9. The van der Waals surface area contributed by atoms with Crippen molar-refractivity contribution in [3.63, 3.8) is 0 Å². The third kappa shape index (κ3) is 4.25. The van der Waals surface area contributed by atoms with Crippen LogP contribution in [0, 0.1) is 17.2 Å². The topological polar surface area (TPSA) is 95.6 Å². The summed E-state index contributed by atoms with van der Waals surface area (Å²) in [7, 11) is 3.98. The number of benzene rings is 1. The smallest absolute Gasteiger partial charge is 0.183 e. The number of hydrogen-bond donors (Lipinski definition) is 1. The molecule has 1 unspecified atom stereocenters. The van der Waals surface area contributed by atoms with Crippen molar-refractivity contribution < 1.29 is 0 Å². The second-order valence-corrected chi connectivity index (χ2v) is 8.84. The standard InChI is InChI=1S/C24H23ClN8/c1-32-8-5-15(14-32)13-28-24-20(12-26)29-22(23(30-24)19-6-9-33(2)31-19)17-10-16-4-3-7-27-21(16)18(25)11-17/h3-4,6-7,9-11,15H,5,8,13-14H2,1-2H3,(H,28,30). The highest BCUT2D eigenvalue weighted by Gasteiger charge is 2.22. The number of fused-ring (bicyclic) bond motifs is 1. The van der Waals surface area contributed by atoms with E-state index in [1.165, 1.54) is 0 Å². The number of nitrogens with one attached hydrogen (secondary N) is 1. The Bertz CT molecular complexity index is 1370. The fraction of sp³-hybridized carbons (Fsp3) is 0.292. The maximum atomic E-state index is 9.86. The Morgan fingerprint density at radius 2 is 2.09 bits per heavy atom. The zero-order valence-corrected chi connectivity index (χ0v) is 19.2. The van der Waals surface area contributed by atoms with E-state index in [0.29, 0.717) is 33.8 Å². The van der Waals surface area contributed by atoms with Crippen LogP contribution in [0.4, 0.5) is 5.82 Å². The predicted molar refractivity (Wildman–Crippen MR) is 129 cm³/mol. The molecule has 1 fully saturated rings. The van der Waals surface area contributed by atoms with Gasteiger partial charge in [-0.25, -0.2) is 9.97 Å². The van der Waals surface area contributed by atoms with E-state index in [2.05, 4.69) is 33.4 Å². The van der Waals surface area contributed by atoms with E-state index in [-0.39, 0.29) is 5.69 Å². The molecule has 33 heavy (non-hydrogen) atoms. The average molecular weight is 459 g/mol. The van der Waals surface area contributed by atoms with Crippen molar-refractivity contribution in [2.75, 3.05) is 32.0 Å². The summed E-state index contributed by atoms with van der Waals surface area (Å²) < 4.78 is 1.72. The SMILES string of the molecule is CN1CCC(CNc2nc(-c3ccn(C)n3)c(-c3cc(Cl)c4ncccc4c3)nc2C#N)C1. The second-order valence-electron chi connectivity index (χ2n) is 8.44. The summed E-state index contributed by atoms with van der Waals surface area (Å²) in [5.41, 5.74) is 3.56. The fourth-order valence-corrected chi connectivity index (χ4v) is 4.55.